The van der Waals surface area contributed by atoms with Gasteiger partial charge in [0.05, 0.1) is 36.6 Å². The molecule has 236 valence electrons. The maximum atomic E-state index is 13.8. The molecule has 5 rings (SSSR count). The molecule has 3 aromatic rings. The van der Waals surface area contributed by atoms with Gasteiger partial charge in [0.25, 0.3) is 5.56 Å². The molecule has 3 atom stereocenters. The Labute approximate surface area is 254 Å². The van der Waals surface area contributed by atoms with E-state index in [-0.39, 0.29) is 29.8 Å². The number of ketones is 1. The van der Waals surface area contributed by atoms with E-state index >= 15 is 0 Å². The van der Waals surface area contributed by atoms with Gasteiger partial charge in [0, 0.05) is 19.6 Å². The van der Waals surface area contributed by atoms with Gasteiger partial charge in [-0.15, -0.1) is 5.10 Å². The lowest BCUT2D eigenvalue weighted by molar-refractivity contribution is -0.150. The van der Waals surface area contributed by atoms with Crippen molar-refractivity contribution >= 4 is 30.7 Å². The van der Waals surface area contributed by atoms with Gasteiger partial charge in [0.1, 0.15) is 11.3 Å². The number of carbonyl (C=O) groups is 2. The van der Waals surface area contributed by atoms with Crippen LogP contribution in [0.1, 0.15) is 48.0 Å². The van der Waals surface area contributed by atoms with E-state index in [1.54, 1.807) is 24.3 Å². The number of ether oxygens (including phenoxy) is 2. The van der Waals surface area contributed by atoms with Crippen LogP contribution in [-0.2, 0) is 22.3 Å². The summed E-state index contributed by atoms with van der Waals surface area (Å²) in [4.78, 5) is 40.5. The first-order valence-corrected chi connectivity index (χ1v) is 18.9. The standard InChI is InChI=1S/C32H38F3N3O5Si/c1-44(2,3)16-15-42-31(41)28-22(18-38-30(40)26-17-23(32(33,34)35)10-14-27(26)36-37-38)9-13-25(28)29(39)21-7-11-24(12-8-21)43-19-20-5-4-6-20/h7-8,10-12,14,17,20,22,25,28H,4-6,9,13,15-16,18-19H2,1-3H3. The van der Waals surface area contributed by atoms with Crippen LogP contribution >= 0.6 is 0 Å². The lowest BCUT2D eigenvalue weighted by atomic mass is 9.84. The van der Waals surface area contributed by atoms with Crippen molar-refractivity contribution in [2.24, 2.45) is 23.7 Å². The first-order chi connectivity index (χ1) is 20.8. The summed E-state index contributed by atoms with van der Waals surface area (Å²) >= 11 is 0. The van der Waals surface area contributed by atoms with Crippen LogP contribution in [0.5, 0.6) is 5.75 Å². The smallest absolute Gasteiger partial charge is 0.416 e. The minimum atomic E-state index is -4.63. The Balaban J connectivity index is 1.37. The lowest BCUT2D eigenvalue weighted by Gasteiger charge is -2.25. The zero-order valence-electron chi connectivity index (χ0n) is 25.2. The quantitative estimate of drug-likeness (QED) is 0.138. The second kappa shape index (κ2) is 12.8. The molecule has 0 spiro atoms. The number of benzene rings is 2. The number of nitrogens with zero attached hydrogens (tertiary/aromatic N) is 3. The number of fused-ring (bicyclic) bond motifs is 1. The lowest BCUT2D eigenvalue weighted by Crippen LogP contribution is -2.36. The normalized spacial score (nSPS) is 20.8. The van der Waals surface area contributed by atoms with E-state index in [2.05, 4.69) is 30.0 Å². The van der Waals surface area contributed by atoms with Gasteiger partial charge in [0.15, 0.2) is 5.78 Å². The summed E-state index contributed by atoms with van der Waals surface area (Å²) in [5.74, 6) is -1.47. The molecule has 8 nitrogen and oxygen atoms in total. The number of esters is 1. The summed E-state index contributed by atoms with van der Waals surface area (Å²) in [6, 6.07) is 10.4. The molecule has 0 amide bonds. The molecule has 2 fully saturated rings. The number of carbonyl (C=O) groups excluding carboxylic acids is 2. The molecule has 0 bridgehead atoms. The van der Waals surface area contributed by atoms with Crippen LogP contribution in [0.4, 0.5) is 13.2 Å². The Hall–Kier alpha value is -3.54. The van der Waals surface area contributed by atoms with Gasteiger partial charge in [-0.2, -0.15) is 13.2 Å². The molecule has 1 aromatic heterocycles. The Kier molecular flexibility index (Phi) is 9.29. The number of hydrogen-bond acceptors (Lipinski definition) is 7. The third-order valence-corrected chi connectivity index (χ3v) is 10.5. The second-order valence-corrected chi connectivity index (χ2v) is 18.9. The zero-order valence-corrected chi connectivity index (χ0v) is 26.2. The van der Waals surface area contributed by atoms with Gasteiger partial charge >= 0.3 is 12.1 Å². The molecule has 0 aliphatic heterocycles. The van der Waals surface area contributed by atoms with E-state index in [0.29, 0.717) is 36.7 Å². The molecule has 0 N–H and O–H groups in total. The van der Waals surface area contributed by atoms with Gasteiger partial charge in [-0.1, -0.05) is 31.3 Å². The Bertz CT molecular complexity index is 1560. The van der Waals surface area contributed by atoms with E-state index in [9.17, 15) is 27.6 Å². The highest BCUT2D eigenvalue weighted by molar-refractivity contribution is 6.76. The maximum Gasteiger partial charge on any atom is 0.416 e. The van der Waals surface area contributed by atoms with Crippen molar-refractivity contribution in [1.29, 1.82) is 0 Å². The molecule has 12 heteroatoms. The summed E-state index contributed by atoms with van der Waals surface area (Å²) in [6.07, 6.45) is -0.237. The molecule has 2 aliphatic carbocycles. The fourth-order valence-corrected chi connectivity index (χ4v) is 6.60. The minimum absolute atomic E-state index is 0.0427. The predicted octanol–water partition coefficient (Wildman–Crippen LogP) is 6.40. The number of aromatic nitrogens is 3. The monoisotopic (exact) mass is 629 g/mol. The molecule has 0 radical (unpaired) electrons. The first kappa shape index (κ1) is 31.9. The van der Waals surface area contributed by atoms with Crippen LogP contribution < -0.4 is 10.3 Å². The highest BCUT2D eigenvalue weighted by Gasteiger charge is 2.46. The number of hydrogen-bond donors (Lipinski definition) is 0. The summed E-state index contributed by atoms with van der Waals surface area (Å²) in [6.45, 7) is 7.31. The highest BCUT2D eigenvalue weighted by Crippen LogP contribution is 2.41. The van der Waals surface area contributed by atoms with Crippen molar-refractivity contribution in [2.45, 2.75) is 70.5 Å². The van der Waals surface area contributed by atoms with Crippen LogP contribution in [0, 0.1) is 23.7 Å². The number of rotatable bonds is 11. The summed E-state index contributed by atoms with van der Waals surface area (Å²) < 4.78 is 52.5. The van der Waals surface area contributed by atoms with Crippen molar-refractivity contribution < 1.29 is 32.2 Å². The van der Waals surface area contributed by atoms with Crippen LogP contribution in [-0.4, -0.2) is 48.0 Å². The molecular weight excluding hydrogens is 591 g/mol. The van der Waals surface area contributed by atoms with E-state index in [4.69, 9.17) is 9.47 Å². The summed E-state index contributed by atoms with van der Waals surface area (Å²) in [5, 5.41) is 7.70. The van der Waals surface area contributed by atoms with E-state index in [0.717, 1.165) is 28.9 Å². The van der Waals surface area contributed by atoms with Crippen molar-refractivity contribution in [3.8, 4) is 5.75 Å². The van der Waals surface area contributed by atoms with Gasteiger partial charge in [-0.25, -0.2) is 4.68 Å². The molecule has 2 aliphatic rings. The molecule has 0 saturated heterocycles. The SMILES string of the molecule is C[Si](C)(C)CCOC(=O)C1C(Cn2nnc3ccc(C(F)(F)F)cc3c2=O)CCC1C(=O)c1ccc(OCC2CCC2)cc1. The third kappa shape index (κ3) is 7.39. The summed E-state index contributed by atoms with van der Waals surface area (Å²) in [7, 11) is -1.50. The predicted molar refractivity (Wildman–Crippen MR) is 161 cm³/mol. The molecular formula is C32H38F3N3O5Si. The Morgan fingerprint density at radius 3 is 2.39 bits per heavy atom. The van der Waals surface area contributed by atoms with E-state index < -0.39 is 49.1 Å². The maximum absolute atomic E-state index is 13.8. The zero-order chi connectivity index (χ0) is 31.6. The number of halogens is 3. The second-order valence-electron chi connectivity index (χ2n) is 13.3. The first-order valence-electron chi connectivity index (χ1n) is 15.2. The van der Waals surface area contributed by atoms with Crippen LogP contribution in [0.3, 0.4) is 0 Å². The van der Waals surface area contributed by atoms with E-state index in [1.165, 1.54) is 19.3 Å². The largest absolute Gasteiger partial charge is 0.493 e. The Morgan fingerprint density at radius 2 is 1.75 bits per heavy atom. The Morgan fingerprint density at radius 1 is 1.02 bits per heavy atom. The molecule has 3 unspecified atom stereocenters. The molecule has 1 heterocycles. The minimum Gasteiger partial charge on any atom is -0.493 e. The molecule has 2 saturated carbocycles. The van der Waals surface area contributed by atoms with E-state index in [1.807, 2.05) is 0 Å². The average molecular weight is 630 g/mol. The van der Waals surface area contributed by atoms with Crippen LogP contribution in [0.2, 0.25) is 25.7 Å². The van der Waals surface area contributed by atoms with Crippen molar-refractivity contribution in [3.63, 3.8) is 0 Å². The highest BCUT2D eigenvalue weighted by atomic mass is 28.3. The van der Waals surface area contributed by atoms with Gasteiger partial charge in [-0.3, -0.25) is 14.4 Å². The van der Waals surface area contributed by atoms with Gasteiger partial charge in [0.2, 0.25) is 0 Å². The fraction of sp³-hybridized carbons (Fsp3) is 0.531. The third-order valence-electron chi connectivity index (χ3n) is 8.80. The number of alkyl halides is 3. The average Bonchev–Trinajstić information content (AvgIpc) is 3.36. The van der Waals surface area contributed by atoms with Crippen molar-refractivity contribution in [2.75, 3.05) is 13.2 Å². The van der Waals surface area contributed by atoms with Crippen LogP contribution in [0.15, 0.2) is 47.3 Å². The summed E-state index contributed by atoms with van der Waals surface area (Å²) in [5.41, 5.74) is -1.20. The van der Waals surface area contributed by atoms with Gasteiger partial charge in [-0.05, 0) is 86.0 Å². The molecule has 2 aromatic carbocycles. The fourth-order valence-electron chi connectivity index (χ4n) is 5.89. The topological polar surface area (TPSA) is 100 Å². The van der Waals surface area contributed by atoms with Crippen molar-refractivity contribution in [3.05, 3.63) is 63.9 Å². The number of Topliss-reactive ketones (excluding diaryl/α,β-unsaturated/α-hetero) is 1. The van der Waals surface area contributed by atoms with Crippen molar-refractivity contribution in [1.82, 2.24) is 15.0 Å². The van der Waals surface area contributed by atoms with Gasteiger partial charge < -0.3 is 9.47 Å². The molecule has 44 heavy (non-hydrogen) atoms. The van der Waals surface area contributed by atoms with Crippen LogP contribution in [0.25, 0.3) is 10.9 Å².